The third kappa shape index (κ3) is 2.26. The van der Waals surface area contributed by atoms with E-state index >= 15 is 0 Å². The summed E-state index contributed by atoms with van der Waals surface area (Å²) in [5, 5.41) is 6.45. The van der Waals surface area contributed by atoms with E-state index in [2.05, 4.69) is 27.8 Å². The average Bonchev–Trinajstić information content (AvgIpc) is 2.87. The lowest BCUT2D eigenvalue weighted by Gasteiger charge is -2.23. The van der Waals surface area contributed by atoms with Gasteiger partial charge in [-0.3, -0.25) is 0 Å². The molecule has 0 amide bonds. The van der Waals surface area contributed by atoms with E-state index in [4.69, 9.17) is 4.74 Å². The van der Waals surface area contributed by atoms with Gasteiger partial charge >= 0.3 is 0 Å². The summed E-state index contributed by atoms with van der Waals surface area (Å²) >= 11 is 1.74. The van der Waals surface area contributed by atoms with Gasteiger partial charge in [0, 0.05) is 17.8 Å². The number of aromatic nitrogens is 1. The molecule has 3 nitrogen and oxygen atoms in total. The number of rotatable bonds is 3. The van der Waals surface area contributed by atoms with Gasteiger partial charge < -0.3 is 10.1 Å². The molecular formula is C14H16N2OS. The summed E-state index contributed by atoms with van der Waals surface area (Å²) in [6.07, 6.45) is 1.03. The highest BCUT2D eigenvalue weighted by Crippen LogP contribution is 2.33. The molecule has 4 heteroatoms. The maximum Gasteiger partial charge on any atom is 0.122 e. The van der Waals surface area contributed by atoms with Crippen LogP contribution >= 0.6 is 11.3 Å². The van der Waals surface area contributed by atoms with E-state index in [1.54, 1.807) is 11.3 Å². The topological polar surface area (TPSA) is 34.1 Å². The quantitative estimate of drug-likeness (QED) is 0.921. The molecule has 1 unspecified atom stereocenters. The van der Waals surface area contributed by atoms with Crippen molar-refractivity contribution in [3.05, 3.63) is 45.9 Å². The molecule has 0 bridgehead atoms. The van der Waals surface area contributed by atoms with Crippen LogP contribution in [-0.4, -0.2) is 18.6 Å². The van der Waals surface area contributed by atoms with Crippen molar-refractivity contribution in [3.8, 4) is 5.75 Å². The first-order chi connectivity index (χ1) is 8.86. The molecule has 0 saturated carbocycles. The van der Waals surface area contributed by atoms with Crippen molar-refractivity contribution < 1.29 is 4.74 Å². The molecule has 1 aliphatic rings. The Morgan fingerprint density at radius 2 is 2.33 bits per heavy atom. The van der Waals surface area contributed by atoms with E-state index in [-0.39, 0.29) is 0 Å². The summed E-state index contributed by atoms with van der Waals surface area (Å²) in [5.41, 5.74) is 2.41. The van der Waals surface area contributed by atoms with Crippen molar-refractivity contribution in [1.82, 2.24) is 10.3 Å². The summed E-state index contributed by atoms with van der Waals surface area (Å²) in [6.45, 7) is 1.57. The first-order valence-electron chi connectivity index (χ1n) is 6.16. The molecule has 1 aliphatic heterocycles. The number of ether oxygens (including phenoxy) is 1. The van der Waals surface area contributed by atoms with Crippen LogP contribution in [-0.2, 0) is 13.0 Å². The molecule has 18 heavy (non-hydrogen) atoms. The molecule has 0 saturated heterocycles. The van der Waals surface area contributed by atoms with Crippen molar-refractivity contribution in [3.63, 3.8) is 0 Å². The Labute approximate surface area is 111 Å². The molecule has 2 aromatic rings. The highest BCUT2D eigenvalue weighted by molar-refractivity contribution is 7.09. The molecule has 3 rings (SSSR count). The molecule has 2 heterocycles. The SMILES string of the molecule is CNCc1csc(C2COc3ccccc3C2)n1. The highest BCUT2D eigenvalue weighted by atomic mass is 32.1. The minimum atomic E-state index is 0.399. The molecule has 1 N–H and O–H groups in total. The van der Waals surface area contributed by atoms with E-state index in [1.165, 1.54) is 10.6 Å². The lowest BCUT2D eigenvalue weighted by molar-refractivity contribution is 0.262. The zero-order chi connectivity index (χ0) is 12.4. The molecule has 1 atom stereocenters. The van der Waals surface area contributed by atoms with E-state index in [0.717, 1.165) is 31.0 Å². The Morgan fingerprint density at radius 1 is 1.44 bits per heavy atom. The van der Waals surface area contributed by atoms with Gasteiger partial charge in [0.25, 0.3) is 0 Å². The second kappa shape index (κ2) is 5.08. The third-order valence-electron chi connectivity index (χ3n) is 3.16. The van der Waals surface area contributed by atoms with Gasteiger partial charge in [-0.15, -0.1) is 11.3 Å². The standard InChI is InChI=1S/C14H16N2OS/c1-15-7-12-9-18-14(16-12)11-6-10-4-2-3-5-13(10)17-8-11/h2-5,9,11,15H,6-8H2,1H3. The molecule has 1 aromatic carbocycles. The van der Waals surface area contributed by atoms with E-state index in [1.807, 2.05) is 19.2 Å². The van der Waals surface area contributed by atoms with Crippen LogP contribution in [0.2, 0.25) is 0 Å². The van der Waals surface area contributed by atoms with Crippen LogP contribution in [0.4, 0.5) is 0 Å². The summed E-state index contributed by atoms with van der Waals surface area (Å²) in [7, 11) is 1.94. The Kier molecular flexibility index (Phi) is 3.30. The van der Waals surface area contributed by atoms with Crippen molar-refractivity contribution >= 4 is 11.3 Å². The summed E-state index contributed by atoms with van der Waals surface area (Å²) in [5.74, 6) is 1.43. The number of nitrogens with one attached hydrogen (secondary N) is 1. The maximum atomic E-state index is 5.81. The fourth-order valence-electron chi connectivity index (χ4n) is 2.26. The van der Waals surface area contributed by atoms with Crippen LogP contribution in [0, 0.1) is 0 Å². The second-order valence-corrected chi connectivity index (χ2v) is 5.42. The van der Waals surface area contributed by atoms with Crippen LogP contribution in [0.25, 0.3) is 0 Å². The molecule has 0 fully saturated rings. The Balaban J connectivity index is 1.78. The highest BCUT2D eigenvalue weighted by Gasteiger charge is 2.23. The molecule has 0 spiro atoms. The number of fused-ring (bicyclic) bond motifs is 1. The lowest BCUT2D eigenvalue weighted by atomic mass is 9.97. The summed E-state index contributed by atoms with van der Waals surface area (Å²) < 4.78 is 5.81. The smallest absolute Gasteiger partial charge is 0.122 e. The third-order valence-corrected chi connectivity index (χ3v) is 4.21. The minimum Gasteiger partial charge on any atom is -0.493 e. The van der Waals surface area contributed by atoms with Crippen molar-refractivity contribution in [2.75, 3.05) is 13.7 Å². The normalized spacial score (nSPS) is 18.2. The summed E-state index contributed by atoms with van der Waals surface area (Å²) in [4.78, 5) is 4.67. The van der Waals surface area contributed by atoms with Gasteiger partial charge in [0.05, 0.1) is 17.3 Å². The number of benzene rings is 1. The Hall–Kier alpha value is -1.39. The van der Waals surface area contributed by atoms with Gasteiger partial charge in [-0.1, -0.05) is 18.2 Å². The second-order valence-electron chi connectivity index (χ2n) is 4.53. The van der Waals surface area contributed by atoms with Gasteiger partial charge in [0.2, 0.25) is 0 Å². The Morgan fingerprint density at radius 3 is 3.22 bits per heavy atom. The lowest BCUT2D eigenvalue weighted by Crippen LogP contribution is -2.19. The van der Waals surface area contributed by atoms with Crippen LogP contribution in [0.15, 0.2) is 29.6 Å². The number of para-hydroxylation sites is 1. The van der Waals surface area contributed by atoms with Gasteiger partial charge in [-0.2, -0.15) is 0 Å². The minimum absolute atomic E-state index is 0.399. The Bertz CT molecular complexity index is 538. The monoisotopic (exact) mass is 260 g/mol. The van der Waals surface area contributed by atoms with Crippen LogP contribution < -0.4 is 10.1 Å². The first kappa shape index (κ1) is 11.7. The van der Waals surface area contributed by atoms with Gasteiger partial charge in [-0.25, -0.2) is 4.98 Å². The molecule has 0 radical (unpaired) electrons. The molecule has 94 valence electrons. The predicted molar refractivity (Wildman–Crippen MR) is 73.3 cm³/mol. The van der Waals surface area contributed by atoms with E-state index in [0.29, 0.717) is 5.92 Å². The molecule has 0 aliphatic carbocycles. The molecule has 1 aromatic heterocycles. The number of nitrogens with zero attached hydrogens (tertiary/aromatic N) is 1. The number of thiazole rings is 1. The zero-order valence-electron chi connectivity index (χ0n) is 10.3. The predicted octanol–water partition coefficient (Wildman–Crippen LogP) is 2.58. The van der Waals surface area contributed by atoms with Gasteiger partial charge in [0.1, 0.15) is 5.75 Å². The fourth-order valence-corrected chi connectivity index (χ4v) is 3.17. The van der Waals surface area contributed by atoms with Crippen molar-refractivity contribution in [2.24, 2.45) is 0 Å². The van der Waals surface area contributed by atoms with Gasteiger partial charge in [0.15, 0.2) is 0 Å². The van der Waals surface area contributed by atoms with Crippen LogP contribution in [0.5, 0.6) is 5.75 Å². The van der Waals surface area contributed by atoms with Crippen molar-refractivity contribution in [2.45, 2.75) is 18.9 Å². The van der Waals surface area contributed by atoms with Gasteiger partial charge in [-0.05, 0) is 25.1 Å². The fraction of sp³-hybridized carbons (Fsp3) is 0.357. The maximum absolute atomic E-state index is 5.81. The average molecular weight is 260 g/mol. The van der Waals surface area contributed by atoms with Crippen LogP contribution in [0.3, 0.4) is 0 Å². The molecular weight excluding hydrogens is 244 g/mol. The van der Waals surface area contributed by atoms with E-state index < -0.39 is 0 Å². The zero-order valence-corrected chi connectivity index (χ0v) is 11.2. The van der Waals surface area contributed by atoms with Crippen LogP contribution in [0.1, 0.15) is 22.2 Å². The number of hydrogen-bond donors (Lipinski definition) is 1. The summed E-state index contributed by atoms with van der Waals surface area (Å²) in [6, 6.07) is 8.27. The first-order valence-corrected chi connectivity index (χ1v) is 7.04. The van der Waals surface area contributed by atoms with E-state index in [9.17, 15) is 0 Å². The largest absolute Gasteiger partial charge is 0.493 e. The van der Waals surface area contributed by atoms with Crippen molar-refractivity contribution in [1.29, 1.82) is 0 Å². The number of hydrogen-bond acceptors (Lipinski definition) is 4.